The molecule has 120 valence electrons. The van der Waals surface area contributed by atoms with Crippen molar-refractivity contribution in [3.8, 4) is 22.5 Å². The van der Waals surface area contributed by atoms with Crippen LogP contribution in [-0.4, -0.2) is 24.6 Å². The van der Waals surface area contributed by atoms with Gasteiger partial charge in [0.25, 0.3) is 0 Å². The van der Waals surface area contributed by atoms with E-state index in [1.54, 1.807) is 10.8 Å². The highest BCUT2D eigenvalue weighted by atomic mass is 15.3. The molecule has 0 saturated heterocycles. The molecular weight excluding hydrogens is 298 g/mol. The first-order valence-corrected chi connectivity index (χ1v) is 8.08. The Bertz CT molecular complexity index is 1010. The molecule has 0 unspecified atom stereocenters. The Balaban J connectivity index is 1.92. The standard InChI is InChI=1S/C19H19N5/c1-12(2)19-22-17(14-6-4-5-13(3)9-14)18(23-19)15-7-8-16-20-11-21-24(16)10-15/h4-12H,1-3H3,(H,22,23). The van der Waals surface area contributed by atoms with Gasteiger partial charge < -0.3 is 4.98 Å². The van der Waals surface area contributed by atoms with Gasteiger partial charge in [0.1, 0.15) is 12.2 Å². The second-order valence-corrected chi connectivity index (χ2v) is 6.35. The zero-order chi connectivity index (χ0) is 16.7. The number of pyridine rings is 1. The van der Waals surface area contributed by atoms with Gasteiger partial charge >= 0.3 is 0 Å². The van der Waals surface area contributed by atoms with E-state index in [-0.39, 0.29) is 0 Å². The highest BCUT2D eigenvalue weighted by Gasteiger charge is 2.16. The number of aryl methyl sites for hydroxylation is 1. The highest BCUT2D eigenvalue weighted by molar-refractivity contribution is 5.79. The van der Waals surface area contributed by atoms with E-state index in [1.807, 2.05) is 18.3 Å². The lowest BCUT2D eigenvalue weighted by molar-refractivity contribution is 0.795. The molecule has 0 saturated carbocycles. The molecule has 1 N–H and O–H groups in total. The van der Waals surface area contributed by atoms with E-state index in [0.717, 1.165) is 34.0 Å². The average molecular weight is 317 g/mol. The Labute approximate surface area is 140 Å². The largest absolute Gasteiger partial charge is 0.341 e. The molecule has 0 atom stereocenters. The van der Waals surface area contributed by atoms with Crippen LogP contribution in [-0.2, 0) is 0 Å². The SMILES string of the molecule is Cc1cccc(-c2[nH]c(C(C)C)nc2-c2ccc3ncnn3c2)c1. The number of H-pyrrole nitrogens is 1. The molecule has 4 aromatic rings. The lowest BCUT2D eigenvalue weighted by Gasteiger charge is -2.05. The molecule has 24 heavy (non-hydrogen) atoms. The van der Waals surface area contributed by atoms with Crippen LogP contribution in [0.4, 0.5) is 0 Å². The van der Waals surface area contributed by atoms with E-state index in [9.17, 15) is 0 Å². The molecule has 0 fully saturated rings. The summed E-state index contributed by atoms with van der Waals surface area (Å²) in [6.45, 7) is 6.39. The van der Waals surface area contributed by atoms with Crippen molar-refractivity contribution in [3.05, 3.63) is 60.3 Å². The van der Waals surface area contributed by atoms with Crippen molar-refractivity contribution in [3.63, 3.8) is 0 Å². The van der Waals surface area contributed by atoms with E-state index in [2.05, 4.69) is 60.1 Å². The molecule has 0 spiro atoms. The number of nitrogens with one attached hydrogen (secondary N) is 1. The predicted molar refractivity (Wildman–Crippen MR) is 94.8 cm³/mol. The fraction of sp³-hybridized carbons (Fsp3) is 0.211. The van der Waals surface area contributed by atoms with Crippen molar-refractivity contribution >= 4 is 5.65 Å². The molecule has 0 radical (unpaired) electrons. The first-order chi connectivity index (χ1) is 11.6. The van der Waals surface area contributed by atoms with Crippen LogP contribution in [0, 0.1) is 6.92 Å². The van der Waals surface area contributed by atoms with E-state index >= 15 is 0 Å². The summed E-state index contributed by atoms with van der Waals surface area (Å²) < 4.78 is 1.78. The third-order valence-corrected chi connectivity index (χ3v) is 4.12. The third-order valence-electron chi connectivity index (χ3n) is 4.12. The molecule has 4 rings (SSSR count). The molecule has 5 nitrogen and oxygen atoms in total. The van der Waals surface area contributed by atoms with Crippen LogP contribution in [0.1, 0.15) is 31.2 Å². The number of hydrogen-bond acceptors (Lipinski definition) is 3. The third kappa shape index (κ3) is 2.48. The van der Waals surface area contributed by atoms with Gasteiger partial charge in [0.15, 0.2) is 5.65 Å². The number of rotatable bonds is 3. The molecular formula is C19H19N5. The van der Waals surface area contributed by atoms with Gasteiger partial charge in [-0.05, 0) is 25.1 Å². The van der Waals surface area contributed by atoms with Gasteiger partial charge in [-0.1, -0.05) is 37.6 Å². The summed E-state index contributed by atoms with van der Waals surface area (Å²) in [5.41, 5.74) is 6.21. The topological polar surface area (TPSA) is 58.9 Å². The fourth-order valence-corrected chi connectivity index (χ4v) is 2.84. The monoisotopic (exact) mass is 317 g/mol. The number of imidazole rings is 1. The van der Waals surface area contributed by atoms with Crippen molar-refractivity contribution in [2.45, 2.75) is 26.7 Å². The van der Waals surface area contributed by atoms with Crippen LogP contribution in [0.25, 0.3) is 28.2 Å². The van der Waals surface area contributed by atoms with Gasteiger partial charge in [-0.25, -0.2) is 14.5 Å². The first-order valence-electron chi connectivity index (χ1n) is 8.08. The number of aromatic nitrogens is 5. The summed E-state index contributed by atoms with van der Waals surface area (Å²) in [5, 5.41) is 4.23. The Hall–Kier alpha value is -2.95. The van der Waals surface area contributed by atoms with Crippen LogP contribution >= 0.6 is 0 Å². The van der Waals surface area contributed by atoms with Crippen LogP contribution < -0.4 is 0 Å². The molecule has 1 aromatic carbocycles. The van der Waals surface area contributed by atoms with Crippen LogP contribution in [0.2, 0.25) is 0 Å². The maximum absolute atomic E-state index is 4.86. The summed E-state index contributed by atoms with van der Waals surface area (Å²) in [6, 6.07) is 12.5. The fourth-order valence-electron chi connectivity index (χ4n) is 2.84. The minimum Gasteiger partial charge on any atom is -0.341 e. The van der Waals surface area contributed by atoms with Crippen molar-refractivity contribution in [2.24, 2.45) is 0 Å². The smallest absolute Gasteiger partial charge is 0.155 e. The summed E-state index contributed by atoms with van der Waals surface area (Å²) in [6.07, 6.45) is 3.53. The number of aromatic amines is 1. The van der Waals surface area contributed by atoms with Crippen LogP contribution in [0.5, 0.6) is 0 Å². The maximum Gasteiger partial charge on any atom is 0.155 e. The van der Waals surface area contributed by atoms with Gasteiger partial charge in [-0.2, -0.15) is 5.10 Å². The Morgan fingerprint density at radius 3 is 2.75 bits per heavy atom. The number of nitrogens with zero attached hydrogens (tertiary/aromatic N) is 4. The Kier molecular flexibility index (Phi) is 3.41. The van der Waals surface area contributed by atoms with Crippen molar-refractivity contribution in [1.82, 2.24) is 24.6 Å². The lowest BCUT2D eigenvalue weighted by Crippen LogP contribution is -1.91. The molecule has 0 aliphatic carbocycles. The van der Waals surface area contributed by atoms with Gasteiger partial charge in [0.2, 0.25) is 0 Å². The van der Waals surface area contributed by atoms with Crippen molar-refractivity contribution in [1.29, 1.82) is 0 Å². The molecule has 0 aliphatic rings. The first kappa shape index (κ1) is 14.6. The molecule has 0 aliphatic heterocycles. The van der Waals surface area contributed by atoms with Gasteiger partial charge in [-0.15, -0.1) is 0 Å². The van der Waals surface area contributed by atoms with Gasteiger partial charge in [-0.3, -0.25) is 0 Å². The second kappa shape index (κ2) is 5.60. The minimum absolute atomic E-state index is 0.331. The normalized spacial score (nSPS) is 11.5. The quantitative estimate of drug-likeness (QED) is 0.615. The number of benzene rings is 1. The lowest BCUT2D eigenvalue weighted by atomic mass is 10.0. The highest BCUT2D eigenvalue weighted by Crippen LogP contribution is 2.32. The second-order valence-electron chi connectivity index (χ2n) is 6.35. The Morgan fingerprint density at radius 1 is 1.08 bits per heavy atom. The zero-order valence-corrected chi connectivity index (χ0v) is 14.0. The number of fused-ring (bicyclic) bond motifs is 1. The summed E-state index contributed by atoms with van der Waals surface area (Å²) in [5.74, 6) is 1.32. The predicted octanol–water partition coefficient (Wildman–Crippen LogP) is 4.22. The van der Waals surface area contributed by atoms with Crippen LogP contribution in [0.3, 0.4) is 0 Å². The van der Waals surface area contributed by atoms with E-state index in [0.29, 0.717) is 5.92 Å². The van der Waals surface area contributed by atoms with Gasteiger partial charge in [0, 0.05) is 23.2 Å². The molecule has 0 bridgehead atoms. The summed E-state index contributed by atoms with van der Waals surface area (Å²) >= 11 is 0. The van der Waals surface area contributed by atoms with E-state index < -0.39 is 0 Å². The minimum atomic E-state index is 0.331. The van der Waals surface area contributed by atoms with Gasteiger partial charge in [0.05, 0.1) is 11.4 Å². The van der Waals surface area contributed by atoms with Crippen molar-refractivity contribution in [2.75, 3.05) is 0 Å². The molecule has 0 amide bonds. The summed E-state index contributed by atoms with van der Waals surface area (Å²) in [4.78, 5) is 12.6. The van der Waals surface area contributed by atoms with E-state index in [1.165, 1.54) is 5.56 Å². The molecule has 3 heterocycles. The average Bonchev–Trinajstić information content (AvgIpc) is 3.21. The summed E-state index contributed by atoms with van der Waals surface area (Å²) in [7, 11) is 0. The number of hydrogen-bond donors (Lipinski definition) is 1. The van der Waals surface area contributed by atoms with Crippen molar-refractivity contribution < 1.29 is 0 Å². The molecule has 5 heteroatoms. The van der Waals surface area contributed by atoms with Crippen LogP contribution in [0.15, 0.2) is 48.9 Å². The maximum atomic E-state index is 4.86. The molecule has 3 aromatic heterocycles. The van der Waals surface area contributed by atoms with E-state index in [4.69, 9.17) is 4.98 Å². The zero-order valence-electron chi connectivity index (χ0n) is 14.0. The Morgan fingerprint density at radius 2 is 1.96 bits per heavy atom.